The molecule has 0 bridgehead atoms. The Balaban J connectivity index is 1.88. The van der Waals surface area contributed by atoms with E-state index in [2.05, 4.69) is 10.3 Å². The molecule has 130 valence electrons. The molecule has 1 aromatic heterocycles. The highest BCUT2D eigenvalue weighted by molar-refractivity contribution is 5.95. The molecule has 6 nitrogen and oxygen atoms in total. The van der Waals surface area contributed by atoms with Crippen LogP contribution in [0.5, 0.6) is 0 Å². The van der Waals surface area contributed by atoms with Crippen LogP contribution >= 0.6 is 0 Å². The lowest BCUT2D eigenvalue weighted by atomic mass is 10.1. The molecule has 0 aliphatic rings. The van der Waals surface area contributed by atoms with Crippen molar-refractivity contribution < 1.29 is 14.4 Å². The first kappa shape index (κ1) is 18.3. The Bertz CT molecular complexity index is 742. The van der Waals surface area contributed by atoms with Gasteiger partial charge in [0.15, 0.2) is 5.78 Å². The lowest BCUT2D eigenvalue weighted by molar-refractivity contribution is -0.129. The Morgan fingerprint density at radius 2 is 1.64 bits per heavy atom. The lowest BCUT2D eigenvalue weighted by Crippen LogP contribution is -2.31. The number of anilines is 1. The van der Waals surface area contributed by atoms with E-state index in [4.69, 9.17) is 0 Å². The van der Waals surface area contributed by atoms with Gasteiger partial charge in [-0.1, -0.05) is 0 Å². The number of amides is 2. The molecule has 0 radical (unpaired) electrons. The van der Waals surface area contributed by atoms with Crippen molar-refractivity contribution >= 4 is 23.3 Å². The first-order valence-corrected chi connectivity index (χ1v) is 8.01. The number of hydrogen-bond donors (Lipinski definition) is 1. The fraction of sp³-hybridized carbons (Fsp3) is 0.263. The zero-order valence-corrected chi connectivity index (χ0v) is 14.4. The molecule has 0 saturated heterocycles. The van der Waals surface area contributed by atoms with Crippen LogP contribution in [0.25, 0.3) is 0 Å². The number of rotatable bonds is 7. The van der Waals surface area contributed by atoms with Crippen LogP contribution in [0.15, 0.2) is 48.8 Å². The quantitative estimate of drug-likeness (QED) is 0.787. The zero-order chi connectivity index (χ0) is 18.2. The normalized spacial score (nSPS) is 10.2. The monoisotopic (exact) mass is 339 g/mol. The molecule has 0 atom stereocenters. The Morgan fingerprint density at radius 1 is 1.00 bits per heavy atom. The maximum Gasteiger partial charge on any atom is 0.226 e. The van der Waals surface area contributed by atoms with Crippen LogP contribution in [0.4, 0.5) is 5.69 Å². The second-order valence-electron chi connectivity index (χ2n) is 5.73. The molecule has 6 heteroatoms. The summed E-state index contributed by atoms with van der Waals surface area (Å²) in [4.78, 5) is 40.7. The standard InChI is InChI=1S/C19H21N3O3/c1-14(23)17-3-5-18(6-4-17)21-19(25)9-12-22(15(2)24)13-16-7-10-20-11-8-16/h3-8,10-11H,9,12-13H2,1-2H3,(H,21,25). The molecule has 1 heterocycles. The predicted octanol–water partition coefficient (Wildman–Crippen LogP) is 2.66. The molecule has 2 aromatic rings. The number of hydrogen-bond acceptors (Lipinski definition) is 4. The molecule has 2 rings (SSSR count). The molecule has 1 aromatic carbocycles. The third-order valence-electron chi connectivity index (χ3n) is 3.75. The highest BCUT2D eigenvalue weighted by Gasteiger charge is 2.12. The highest BCUT2D eigenvalue weighted by Crippen LogP contribution is 2.11. The minimum absolute atomic E-state index is 0.0221. The second-order valence-corrected chi connectivity index (χ2v) is 5.73. The van der Waals surface area contributed by atoms with Crippen molar-refractivity contribution in [3.63, 3.8) is 0 Å². The van der Waals surface area contributed by atoms with Crippen LogP contribution in [0.2, 0.25) is 0 Å². The first-order chi connectivity index (χ1) is 12.0. The Morgan fingerprint density at radius 3 is 2.20 bits per heavy atom. The fourth-order valence-corrected chi connectivity index (χ4v) is 2.30. The SMILES string of the molecule is CC(=O)c1ccc(NC(=O)CCN(Cc2ccncc2)C(C)=O)cc1. The molecule has 0 unspecified atom stereocenters. The van der Waals surface area contributed by atoms with E-state index >= 15 is 0 Å². The number of carbonyl (C=O) groups is 3. The largest absolute Gasteiger partial charge is 0.338 e. The van der Waals surface area contributed by atoms with Crippen LogP contribution in [0.3, 0.4) is 0 Å². The number of nitrogens with zero attached hydrogens (tertiary/aromatic N) is 2. The minimum atomic E-state index is -0.184. The number of ketones is 1. The van der Waals surface area contributed by atoms with Crippen LogP contribution in [-0.4, -0.2) is 34.0 Å². The van der Waals surface area contributed by atoms with Crippen molar-refractivity contribution in [2.45, 2.75) is 26.8 Å². The van der Waals surface area contributed by atoms with Gasteiger partial charge < -0.3 is 10.2 Å². The van der Waals surface area contributed by atoms with Gasteiger partial charge in [0.05, 0.1) is 0 Å². The number of carbonyl (C=O) groups excluding carboxylic acids is 3. The van der Waals surface area contributed by atoms with E-state index in [0.717, 1.165) is 5.56 Å². The van der Waals surface area contributed by atoms with Crippen molar-refractivity contribution in [1.29, 1.82) is 0 Å². The first-order valence-electron chi connectivity index (χ1n) is 8.01. The second kappa shape index (κ2) is 8.73. The van der Waals surface area contributed by atoms with E-state index < -0.39 is 0 Å². The van der Waals surface area contributed by atoms with Crippen molar-refractivity contribution in [2.24, 2.45) is 0 Å². The summed E-state index contributed by atoms with van der Waals surface area (Å²) in [5.41, 5.74) is 2.18. The highest BCUT2D eigenvalue weighted by atomic mass is 16.2. The van der Waals surface area contributed by atoms with Gasteiger partial charge >= 0.3 is 0 Å². The summed E-state index contributed by atoms with van der Waals surface area (Å²) in [6, 6.07) is 10.4. The molecule has 0 spiro atoms. The summed E-state index contributed by atoms with van der Waals surface area (Å²) >= 11 is 0. The smallest absolute Gasteiger partial charge is 0.226 e. The Labute approximate surface area is 146 Å². The Hall–Kier alpha value is -3.02. The summed E-state index contributed by atoms with van der Waals surface area (Å²) in [5, 5.41) is 2.77. The maximum absolute atomic E-state index is 12.1. The molecule has 0 fully saturated rings. The van der Waals surface area contributed by atoms with Gasteiger partial charge in [-0.3, -0.25) is 19.4 Å². The summed E-state index contributed by atoms with van der Waals surface area (Å²) in [5.74, 6) is -0.293. The average Bonchev–Trinajstić information content (AvgIpc) is 2.59. The maximum atomic E-state index is 12.1. The van der Waals surface area contributed by atoms with Crippen molar-refractivity contribution in [1.82, 2.24) is 9.88 Å². The third kappa shape index (κ3) is 5.84. The summed E-state index contributed by atoms with van der Waals surface area (Å²) in [6.45, 7) is 3.75. The van der Waals surface area contributed by atoms with Crippen molar-refractivity contribution in [3.8, 4) is 0 Å². The van der Waals surface area contributed by atoms with Crippen molar-refractivity contribution in [3.05, 3.63) is 59.9 Å². The summed E-state index contributed by atoms with van der Waals surface area (Å²) < 4.78 is 0. The van der Waals surface area contributed by atoms with E-state index in [1.165, 1.54) is 13.8 Å². The van der Waals surface area contributed by atoms with Gasteiger partial charge in [0.2, 0.25) is 11.8 Å². The number of Topliss-reactive ketones (excluding diaryl/α,β-unsaturated/α-hetero) is 1. The van der Waals surface area contributed by atoms with Crippen LogP contribution in [0, 0.1) is 0 Å². The fourth-order valence-electron chi connectivity index (χ4n) is 2.30. The third-order valence-corrected chi connectivity index (χ3v) is 3.75. The molecule has 0 aliphatic heterocycles. The molecule has 25 heavy (non-hydrogen) atoms. The van der Waals surface area contributed by atoms with Gasteiger partial charge in [-0.05, 0) is 48.9 Å². The summed E-state index contributed by atoms with van der Waals surface area (Å²) in [6.07, 6.45) is 3.54. The Kier molecular flexibility index (Phi) is 6.39. The van der Waals surface area contributed by atoms with Crippen LogP contribution < -0.4 is 5.32 Å². The molecule has 1 N–H and O–H groups in total. The topological polar surface area (TPSA) is 79.4 Å². The molecular formula is C19H21N3O3. The minimum Gasteiger partial charge on any atom is -0.338 e. The van der Waals surface area contributed by atoms with Crippen molar-refractivity contribution in [2.75, 3.05) is 11.9 Å². The molecule has 2 amide bonds. The van der Waals surface area contributed by atoms with Gasteiger partial charge in [-0.25, -0.2) is 0 Å². The lowest BCUT2D eigenvalue weighted by Gasteiger charge is -2.20. The molecule has 0 saturated carbocycles. The van der Waals surface area contributed by atoms with E-state index in [0.29, 0.717) is 24.3 Å². The molecule has 0 aliphatic carbocycles. The predicted molar refractivity (Wildman–Crippen MR) is 95.0 cm³/mol. The zero-order valence-electron chi connectivity index (χ0n) is 14.4. The summed E-state index contributed by atoms with van der Waals surface area (Å²) in [7, 11) is 0. The van der Waals surface area contributed by atoms with Gasteiger partial charge in [0, 0.05) is 50.1 Å². The number of aromatic nitrogens is 1. The number of benzene rings is 1. The van der Waals surface area contributed by atoms with E-state index in [-0.39, 0.29) is 24.0 Å². The van der Waals surface area contributed by atoms with E-state index in [1.807, 2.05) is 12.1 Å². The van der Waals surface area contributed by atoms with Crippen LogP contribution in [0.1, 0.15) is 36.2 Å². The van der Waals surface area contributed by atoms with E-state index in [1.54, 1.807) is 41.6 Å². The van der Waals surface area contributed by atoms with Gasteiger partial charge in [-0.15, -0.1) is 0 Å². The van der Waals surface area contributed by atoms with Gasteiger partial charge in [0.1, 0.15) is 0 Å². The molecular weight excluding hydrogens is 318 g/mol. The average molecular weight is 339 g/mol. The number of pyridine rings is 1. The van der Waals surface area contributed by atoms with Gasteiger partial charge in [0.25, 0.3) is 0 Å². The van der Waals surface area contributed by atoms with Gasteiger partial charge in [-0.2, -0.15) is 0 Å². The van der Waals surface area contributed by atoms with E-state index in [9.17, 15) is 14.4 Å². The van der Waals surface area contributed by atoms with Crippen LogP contribution in [-0.2, 0) is 16.1 Å². The number of nitrogens with one attached hydrogen (secondary N) is 1.